The largest absolute Gasteiger partial charge is 0.462 e. The fourth-order valence-electron chi connectivity index (χ4n) is 1.90. The first-order valence-electron chi connectivity index (χ1n) is 5.79. The van der Waals surface area contributed by atoms with Crippen LogP contribution in [0.1, 0.15) is 23.2 Å². The highest BCUT2D eigenvalue weighted by atomic mass is 35.5. The van der Waals surface area contributed by atoms with Crippen LogP contribution in [0.15, 0.2) is 30.3 Å². The van der Waals surface area contributed by atoms with E-state index in [1.165, 1.54) is 0 Å². The molecule has 2 rings (SSSR count). The molecule has 102 valence electrons. The molecule has 0 amide bonds. The van der Waals surface area contributed by atoms with E-state index >= 15 is 0 Å². The van der Waals surface area contributed by atoms with E-state index in [9.17, 15) is 4.79 Å². The standard InChI is InChI=1S/C13H17NO2.2ClH/c15-13(12-4-2-1-3-5-12)16-10-11-6-8-14-9-7-11;;/h1-5,11,14H,6-10H2;2*1H. The highest BCUT2D eigenvalue weighted by Crippen LogP contribution is 2.12. The van der Waals surface area contributed by atoms with Crippen LogP contribution in [0.4, 0.5) is 0 Å². The van der Waals surface area contributed by atoms with E-state index in [-0.39, 0.29) is 30.8 Å². The second kappa shape index (κ2) is 9.20. The fraction of sp³-hybridized carbons (Fsp3) is 0.462. The van der Waals surface area contributed by atoms with Gasteiger partial charge in [-0.2, -0.15) is 0 Å². The van der Waals surface area contributed by atoms with Crippen LogP contribution < -0.4 is 5.32 Å². The van der Waals surface area contributed by atoms with Crippen molar-refractivity contribution in [1.29, 1.82) is 0 Å². The van der Waals surface area contributed by atoms with Gasteiger partial charge in [0.05, 0.1) is 12.2 Å². The second-order valence-corrected chi connectivity index (χ2v) is 4.16. The zero-order valence-corrected chi connectivity index (χ0v) is 11.8. The first kappa shape index (κ1) is 17.2. The number of halogens is 2. The maximum atomic E-state index is 11.6. The van der Waals surface area contributed by atoms with Crippen LogP contribution in [0.3, 0.4) is 0 Å². The van der Waals surface area contributed by atoms with Gasteiger partial charge in [-0.15, -0.1) is 24.8 Å². The molecule has 18 heavy (non-hydrogen) atoms. The number of esters is 1. The van der Waals surface area contributed by atoms with E-state index in [1.807, 2.05) is 18.2 Å². The molecule has 3 nitrogen and oxygen atoms in total. The van der Waals surface area contributed by atoms with Gasteiger partial charge in [-0.25, -0.2) is 4.79 Å². The summed E-state index contributed by atoms with van der Waals surface area (Å²) in [5, 5.41) is 3.29. The van der Waals surface area contributed by atoms with Crippen LogP contribution >= 0.6 is 24.8 Å². The Morgan fingerprint density at radius 1 is 1.17 bits per heavy atom. The summed E-state index contributed by atoms with van der Waals surface area (Å²) in [6.07, 6.45) is 2.20. The number of hydrogen-bond acceptors (Lipinski definition) is 3. The van der Waals surface area contributed by atoms with Crippen molar-refractivity contribution in [2.75, 3.05) is 19.7 Å². The molecule has 0 saturated carbocycles. The van der Waals surface area contributed by atoms with Gasteiger partial charge in [-0.1, -0.05) is 18.2 Å². The summed E-state index contributed by atoms with van der Waals surface area (Å²) in [4.78, 5) is 11.6. The lowest BCUT2D eigenvalue weighted by Gasteiger charge is -2.22. The van der Waals surface area contributed by atoms with Crippen LogP contribution in [0.2, 0.25) is 0 Å². The number of benzene rings is 1. The van der Waals surface area contributed by atoms with Crippen LogP contribution in [0, 0.1) is 5.92 Å². The smallest absolute Gasteiger partial charge is 0.338 e. The maximum Gasteiger partial charge on any atom is 0.338 e. The molecule has 0 unspecified atom stereocenters. The van der Waals surface area contributed by atoms with Crippen LogP contribution in [0.5, 0.6) is 0 Å². The third-order valence-electron chi connectivity index (χ3n) is 2.92. The average Bonchev–Trinajstić information content (AvgIpc) is 2.38. The minimum atomic E-state index is -0.209. The second-order valence-electron chi connectivity index (χ2n) is 4.16. The molecule has 5 heteroatoms. The zero-order valence-electron chi connectivity index (χ0n) is 10.1. The summed E-state index contributed by atoms with van der Waals surface area (Å²) in [7, 11) is 0. The lowest BCUT2D eigenvalue weighted by molar-refractivity contribution is 0.0416. The molecule has 1 aliphatic rings. The first-order chi connectivity index (χ1) is 7.86. The van der Waals surface area contributed by atoms with E-state index in [0.717, 1.165) is 25.9 Å². The van der Waals surface area contributed by atoms with Gasteiger partial charge < -0.3 is 10.1 Å². The summed E-state index contributed by atoms with van der Waals surface area (Å²) >= 11 is 0. The normalized spacial score (nSPS) is 15.1. The van der Waals surface area contributed by atoms with Gasteiger partial charge in [-0.3, -0.25) is 0 Å². The Morgan fingerprint density at radius 3 is 2.39 bits per heavy atom. The van der Waals surface area contributed by atoms with Gasteiger partial charge in [0.2, 0.25) is 0 Å². The van der Waals surface area contributed by atoms with Gasteiger partial charge in [0.1, 0.15) is 0 Å². The van der Waals surface area contributed by atoms with Crippen molar-refractivity contribution in [3.8, 4) is 0 Å². The van der Waals surface area contributed by atoms with Crippen molar-refractivity contribution < 1.29 is 9.53 Å². The van der Waals surface area contributed by atoms with Crippen molar-refractivity contribution in [1.82, 2.24) is 5.32 Å². The summed E-state index contributed by atoms with van der Waals surface area (Å²) in [6, 6.07) is 9.15. The van der Waals surface area contributed by atoms with Crippen molar-refractivity contribution in [3.63, 3.8) is 0 Å². The van der Waals surface area contributed by atoms with Gasteiger partial charge in [-0.05, 0) is 44.0 Å². The molecule has 0 spiro atoms. The third kappa shape index (κ3) is 5.25. The monoisotopic (exact) mass is 291 g/mol. The molecular weight excluding hydrogens is 273 g/mol. The third-order valence-corrected chi connectivity index (χ3v) is 2.92. The van der Waals surface area contributed by atoms with E-state index in [4.69, 9.17) is 4.74 Å². The van der Waals surface area contributed by atoms with Crippen molar-refractivity contribution >= 4 is 30.8 Å². The number of ether oxygens (including phenoxy) is 1. The van der Waals surface area contributed by atoms with E-state index in [0.29, 0.717) is 18.1 Å². The number of piperidine rings is 1. The summed E-state index contributed by atoms with van der Waals surface area (Å²) in [6.45, 7) is 2.62. The molecule has 0 bridgehead atoms. The molecule has 1 saturated heterocycles. The van der Waals surface area contributed by atoms with E-state index in [2.05, 4.69) is 5.32 Å². The summed E-state index contributed by atoms with van der Waals surface area (Å²) < 4.78 is 5.30. The Morgan fingerprint density at radius 2 is 1.78 bits per heavy atom. The highest BCUT2D eigenvalue weighted by molar-refractivity contribution is 5.89. The number of hydrogen-bond donors (Lipinski definition) is 1. The van der Waals surface area contributed by atoms with Gasteiger partial charge in [0.15, 0.2) is 0 Å². The Balaban J connectivity index is 0.00000144. The maximum absolute atomic E-state index is 11.6. The predicted octanol–water partition coefficient (Wildman–Crippen LogP) is 2.69. The van der Waals surface area contributed by atoms with Crippen molar-refractivity contribution in [2.45, 2.75) is 12.8 Å². The average molecular weight is 292 g/mol. The molecule has 1 N–H and O–H groups in total. The number of carbonyl (C=O) groups is 1. The van der Waals surface area contributed by atoms with Crippen LogP contribution in [-0.2, 0) is 4.74 Å². The van der Waals surface area contributed by atoms with Crippen LogP contribution in [0.25, 0.3) is 0 Å². The fourth-order valence-corrected chi connectivity index (χ4v) is 1.90. The van der Waals surface area contributed by atoms with Gasteiger partial charge in [0.25, 0.3) is 0 Å². The Hall–Kier alpha value is -0.770. The molecule has 1 aromatic carbocycles. The van der Waals surface area contributed by atoms with Crippen molar-refractivity contribution in [3.05, 3.63) is 35.9 Å². The molecule has 1 fully saturated rings. The SMILES string of the molecule is Cl.Cl.O=C(OCC1CCNCC1)c1ccccc1. The number of nitrogens with one attached hydrogen (secondary N) is 1. The molecule has 1 heterocycles. The summed E-state index contributed by atoms with van der Waals surface area (Å²) in [5.41, 5.74) is 0.636. The van der Waals surface area contributed by atoms with E-state index < -0.39 is 0 Å². The molecule has 0 radical (unpaired) electrons. The summed E-state index contributed by atoms with van der Waals surface area (Å²) in [5.74, 6) is 0.313. The molecule has 0 aliphatic carbocycles. The Kier molecular flexibility index (Phi) is 8.81. The van der Waals surface area contributed by atoms with Gasteiger partial charge >= 0.3 is 5.97 Å². The molecule has 1 aliphatic heterocycles. The lowest BCUT2D eigenvalue weighted by atomic mass is 9.99. The highest BCUT2D eigenvalue weighted by Gasteiger charge is 2.15. The first-order valence-corrected chi connectivity index (χ1v) is 5.79. The number of carbonyl (C=O) groups excluding carboxylic acids is 1. The van der Waals surface area contributed by atoms with Gasteiger partial charge in [0, 0.05) is 0 Å². The van der Waals surface area contributed by atoms with Crippen LogP contribution in [-0.4, -0.2) is 25.7 Å². The molecular formula is C13H19Cl2NO2. The topological polar surface area (TPSA) is 38.3 Å². The molecule has 1 aromatic rings. The quantitative estimate of drug-likeness (QED) is 0.871. The molecule has 0 atom stereocenters. The zero-order chi connectivity index (χ0) is 11.2. The minimum Gasteiger partial charge on any atom is -0.462 e. The predicted molar refractivity (Wildman–Crippen MR) is 76.8 cm³/mol. The molecule has 0 aromatic heterocycles. The Bertz CT molecular complexity index is 340. The van der Waals surface area contributed by atoms with E-state index in [1.54, 1.807) is 12.1 Å². The number of rotatable bonds is 3. The van der Waals surface area contributed by atoms with Crippen molar-refractivity contribution in [2.24, 2.45) is 5.92 Å². The minimum absolute atomic E-state index is 0. The lowest BCUT2D eigenvalue weighted by Crippen LogP contribution is -2.30. The Labute approximate surface area is 120 Å².